The molecule has 1 unspecified atom stereocenters. The summed E-state index contributed by atoms with van der Waals surface area (Å²) in [4.78, 5) is 15.9. The largest absolute Gasteiger partial charge is 0.465 e. The molecule has 5 nitrogen and oxygen atoms in total. The maximum absolute atomic E-state index is 13.2. The van der Waals surface area contributed by atoms with Crippen molar-refractivity contribution in [3.8, 4) is 0 Å². The minimum absolute atomic E-state index is 0.0702. The van der Waals surface area contributed by atoms with Crippen molar-refractivity contribution in [1.82, 2.24) is 9.88 Å². The quantitative estimate of drug-likeness (QED) is 0.824. The normalized spacial score (nSPS) is 19.7. The number of hydrogen-bond acceptors (Lipinski definition) is 3. The first-order valence-electron chi connectivity index (χ1n) is 6.30. The molecule has 1 atom stereocenters. The predicted molar refractivity (Wildman–Crippen MR) is 71.1 cm³/mol. The van der Waals surface area contributed by atoms with Crippen LogP contribution in [0, 0.1) is 11.2 Å². The highest BCUT2D eigenvalue weighted by Gasteiger charge is 2.39. The fourth-order valence-electron chi connectivity index (χ4n) is 2.49. The van der Waals surface area contributed by atoms with Crippen LogP contribution >= 0.6 is 11.6 Å². The lowest BCUT2D eigenvalue weighted by Gasteiger charge is -2.41. The van der Waals surface area contributed by atoms with Crippen molar-refractivity contribution in [2.75, 3.05) is 13.1 Å². The number of aliphatic hydroxyl groups is 1. The Balaban J connectivity index is 2.18. The van der Waals surface area contributed by atoms with Crippen LogP contribution in [-0.2, 0) is 0 Å². The van der Waals surface area contributed by atoms with Crippen LogP contribution in [0.15, 0.2) is 12.3 Å². The van der Waals surface area contributed by atoms with Gasteiger partial charge < -0.3 is 15.1 Å². The van der Waals surface area contributed by atoms with Crippen LogP contribution in [0.5, 0.6) is 0 Å². The molecule has 1 saturated heterocycles. The number of likely N-dealkylation sites (tertiary alicyclic amines) is 1. The van der Waals surface area contributed by atoms with Crippen LogP contribution < -0.4 is 0 Å². The van der Waals surface area contributed by atoms with Gasteiger partial charge in [0.2, 0.25) is 0 Å². The standard InChI is InChI=1S/C13H16ClFN2O3/c1-13(2-4-17(5-3-13)12(19)20)10(18)9-6-8(15)7-16-11(9)14/h6-7,10,18H,2-5H2,1H3,(H,19,20). The van der Waals surface area contributed by atoms with E-state index in [1.54, 1.807) is 0 Å². The van der Waals surface area contributed by atoms with Gasteiger partial charge in [0.1, 0.15) is 11.0 Å². The van der Waals surface area contributed by atoms with Crippen molar-refractivity contribution >= 4 is 17.7 Å². The van der Waals surface area contributed by atoms with E-state index < -0.39 is 23.4 Å². The number of rotatable bonds is 2. The molecule has 110 valence electrons. The summed E-state index contributed by atoms with van der Waals surface area (Å²) < 4.78 is 13.2. The predicted octanol–water partition coefficient (Wildman–Crippen LogP) is 2.69. The van der Waals surface area contributed by atoms with Crippen molar-refractivity contribution in [3.05, 3.63) is 28.8 Å². The summed E-state index contributed by atoms with van der Waals surface area (Å²) in [5.41, 5.74) is -0.302. The summed E-state index contributed by atoms with van der Waals surface area (Å²) in [5.74, 6) is -0.560. The molecular weight excluding hydrogens is 287 g/mol. The lowest BCUT2D eigenvalue weighted by molar-refractivity contribution is -0.0101. The Bertz CT molecular complexity index is 518. The van der Waals surface area contributed by atoms with E-state index in [2.05, 4.69) is 4.98 Å². The third kappa shape index (κ3) is 2.86. The molecule has 1 aliphatic heterocycles. The summed E-state index contributed by atoms with van der Waals surface area (Å²) in [6.45, 7) is 2.52. The number of halogens is 2. The van der Waals surface area contributed by atoms with E-state index in [0.717, 1.165) is 6.20 Å². The van der Waals surface area contributed by atoms with Crippen LogP contribution in [0.1, 0.15) is 31.4 Å². The highest BCUT2D eigenvalue weighted by molar-refractivity contribution is 6.30. The number of amides is 1. The number of aromatic nitrogens is 1. The first-order valence-corrected chi connectivity index (χ1v) is 6.68. The minimum Gasteiger partial charge on any atom is -0.465 e. The fraction of sp³-hybridized carbons (Fsp3) is 0.538. The molecule has 1 fully saturated rings. The van der Waals surface area contributed by atoms with Gasteiger partial charge in [-0.2, -0.15) is 0 Å². The molecule has 0 aliphatic carbocycles. The van der Waals surface area contributed by atoms with E-state index in [4.69, 9.17) is 16.7 Å². The number of hydrogen-bond donors (Lipinski definition) is 2. The Labute approximate surface area is 121 Å². The summed E-state index contributed by atoms with van der Waals surface area (Å²) in [6.07, 6.45) is 0.00952. The molecule has 0 saturated carbocycles. The van der Waals surface area contributed by atoms with Gasteiger partial charge >= 0.3 is 6.09 Å². The summed E-state index contributed by atoms with van der Waals surface area (Å²) >= 11 is 5.91. The number of piperidine rings is 1. The van der Waals surface area contributed by atoms with Crippen LogP contribution in [0.25, 0.3) is 0 Å². The third-order valence-corrected chi connectivity index (χ3v) is 4.28. The van der Waals surface area contributed by atoms with Gasteiger partial charge in [0, 0.05) is 24.1 Å². The molecule has 20 heavy (non-hydrogen) atoms. The first-order chi connectivity index (χ1) is 9.33. The zero-order valence-electron chi connectivity index (χ0n) is 11.0. The molecule has 0 radical (unpaired) electrons. The van der Waals surface area contributed by atoms with Crippen LogP contribution in [0.4, 0.5) is 9.18 Å². The SMILES string of the molecule is CC1(C(O)c2cc(F)cnc2Cl)CCN(C(=O)O)CC1. The maximum Gasteiger partial charge on any atom is 0.407 e. The molecule has 1 aromatic heterocycles. The van der Waals surface area contributed by atoms with Gasteiger partial charge in [-0.05, 0) is 18.9 Å². The number of aliphatic hydroxyl groups excluding tert-OH is 1. The van der Waals surface area contributed by atoms with Crippen molar-refractivity contribution < 1.29 is 19.4 Å². The van der Waals surface area contributed by atoms with Gasteiger partial charge in [-0.1, -0.05) is 18.5 Å². The zero-order valence-corrected chi connectivity index (χ0v) is 11.8. The minimum atomic E-state index is -0.978. The Kier molecular flexibility index (Phi) is 4.15. The van der Waals surface area contributed by atoms with Crippen molar-refractivity contribution in [1.29, 1.82) is 0 Å². The van der Waals surface area contributed by atoms with E-state index in [-0.39, 0.29) is 10.7 Å². The molecule has 1 aliphatic rings. The van der Waals surface area contributed by atoms with Crippen molar-refractivity contribution in [3.63, 3.8) is 0 Å². The van der Waals surface area contributed by atoms with E-state index in [1.807, 2.05) is 6.92 Å². The van der Waals surface area contributed by atoms with Gasteiger partial charge in [-0.25, -0.2) is 14.2 Å². The summed E-state index contributed by atoms with van der Waals surface area (Å²) in [6, 6.07) is 1.18. The topological polar surface area (TPSA) is 73.7 Å². The smallest absolute Gasteiger partial charge is 0.407 e. The molecule has 0 bridgehead atoms. The summed E-state index contributed by atoms with van der Waals surface area (Å²) in [5, 5.41) is 19.5. The van der Waals surface area contributed by atoms with E-state index in [1.165, 1.54) is 11.0 Å². The third-order valence-electron chi connectivity index (χ3n) is 3.96. The van der Waals surface area contributed by atoms with Gasteiger partial charge in [0.15, 0.2) is 0 Å². The second-order valence-electron chi connectivity index (χ2n) is 5.36. The van der Waals surface area contributed by atoms with Crippen molar-refractivity contribution in [2.45, 2.75) is 25.9 Å². The molecule has 2 heterocycles. The maximum atomic E-state index is 13.2. The highest BCUT2D eigenvalue weighted by Crippen LogP contribution is 2.44. The molecule has 7 heteroatoms. The number of carbonyl (C=O) groups is 1. The Hall–Kier alpha value is -1.40. The molecule has 2 N–H and O–H groups in total. The van der Waals surface area contributed by atoms with Gasteiger partial charge in [-0.15, -0.1) is 0 Å². The average molecular weight is 303 g/mol. The van der Waals surface area contributed by atoms with Crippen molar-refractivity contribution in [2.24, 2.45) is 5.41 Å². The Morgan fingerprint density at radius 2 is 2.15 bits per heavy atom. The van der Waals surface area contributed by atoms with E-state index in [0.29, 0.717) is 25.9 Å². The lowest BCUT2D eigenvalue weighted by atomic mass is 9.73. The summed E-state index contributed by atoms with van der Waals surface area (Å²) in [7, 11) is 0. The number of nitrogens with zero attached hydrogens (tertiary/aromatic N) is 2. The molecule has 1 amide bonds. The molecule has 0 spiro atoms. The fourth-order valence-corrected chi connectivity index (χ4v) is 2.69. The molecule has 0 aromatic carbocycles. The Morgan fingerprint density at radius 3 is 2.70 bits per heavy atom. The van der Waals surface area contributed by atoms with Gasteiger partial charge in [-0.3, -0.25) is 0 Å². The van der Waals surface area contributed by atoms with Crippen LogP contribution in [0.2, 0.25) is 5.15 Å². The zero-order chi connectivity index (χ0) is 14.9. The monoisotopic (exact) mass is 302 g/mol. The van der Waals surface area contributed by atoms with E-state index >= 15 is 0 Å². The van der Waals surface area contributed by atoms with Crippen LogP contribution in [0.3, 0.4) is 0 Å². The van der Waals surface area contributed by atoms with Gasteiger partial charge in [0.05, 0.1) is 12.3 Å². The van der Waals surface area contributed by atoms with E-state index in [9.17, 15) is 14.3 Å². The first kappa shape index (κ1) is 15.0. The molecule has 2 rings (SSSR count). The highest BCUT2D eigenvalue weighted by atomic mass is 35.5. The van der Waals surface area contributed by atoms with Crippen LogP contribution in [-0.4, -0.2) is 39.3 Å². The molecular formula is C13H16ClFN2O3. The Morgan fingerprint density at radius 1 is 1.55 bits per heavy atom. The second kappa shape index (κ2) is 5.54. The van der Waals surface area contributed by atoms with Gasteiger partial charge in [0.25, 0.3) is 0 Å². The second-order valence-corrected chi connectivity index (χ2v) is 5.72. The average Bonchev–Trinajstić information content (AvgIpc) is 2.41. The lowest BCUT2D eigenvalue weighted by Crippen LogP contribution is -2.43. The molecule has 1 aromatic rings. The number of carboxylic acid groups (broad SMARTS) is 1. The number of pyridine rings is 1.